The molecular weight excluding hydrogens is 405 g/mol. The summed E-state index contributed by atoms with van der Waals surface area (Å²) in [5.41, 5.74) is 7.03. The third-order valence-corrected chi connectivity index (χ3v) is 6.95. The first kappa shape index (κ1) is 20.9. The van der Waals surface area contributed by atoms with Crippen molar-refractivity contribution in [2.24, 2.45) is 13.0 Å². The molecule has 1 aliphatic carbocycles. The maximum atomic E-state index is 14.4. The zero-order valence-electron chi connectivity index (χ0n) is 19.4. The molecule has 1 aliphatic rings. The van der Waals surface area contributed by atoms with Crippen LogP contribution in [-0.4, -0.2) is 30.2 Å². The van der Waals surface area contributed by atoms with Crippen LogP contribution in [-0.2, 0) is 13.6 Å². The Morgan fingerprint density at radius 2 is 1.88 bits per heavy atom. The number of alkyl halides is 1. The van der Waals surface area contributed by atoms with Crippen LogP contribution in [0.15, 0.2) is 29.2 Å². The summed E-state index contributed by atoms with van der Waals surface area (Å²) in [5, 5.41) is 8.65. The second kappa shape index (κ2) is 7.57. The van der Waals surface area contributed by atoms with E-state index in [1.807, 2.05) is 44.9 Å². The number of fused-ring (bicyclic) bond motifs is 1. The smallest absolute Gasteiger partial charge is 0.141 e. The molecule has 5 rings (SSSR count). The van der Waals surface area contributed by atoms with Crippen molar-refractivity contribution in [2.75, 3.05) is 0 Å². The fraction of sp³-hybridized carbons (Fsp3) is 0.480. The van der Waals surface area contributed by atoms with Gasteiger partial charge in [0.2, 0.25) is 0 Å². The minimum Gasteiger partial charge on any atom is -0.361 e. The molecule has 0 saturated heterocycles. The molecule has 1 fully saturated rings. The Bertz CT molecular complexity index is 1270. The topological polar surface area (TPSA) is 61.7 Å². The highest BCUT2D eigenvalue weighted by Crippen LogP contribution is 2.38. The average Bonchev–Trinajstić information content (AvgIpc) is 3.38. The first-order valence-electron chi connectivity index (χ1n) is 11.3. The number of aromatic nitrogens is 5. The third-order valence-electron chi connectivity index (χ3n) is 6.95. The molecule has 0 N–H and O–H groups in total. The second-order valence-corrected chi connectivity index (χ2v) is 9.64. The molecule has 4 aromatic rings. The SMILES string of the molecule is Cc1nn(C)cc1-c1cn(CC2CCC(C)(F)CC2)c2cc(-c3c(C)noc3C)cnc12. The van der Waals surface area contributed by atoms with Gasteiger partial charge in [0.15, 0.2) is 0 Å². The quantitative estimate of drug-likeness (QED) is 0.398. The molecule has 1 saturated carbocycles. The normalized spacial score (nSPS) is 21.5. The molecule has 0 aliphatic heterocycles. The number of pyridine rings is 1. The van der Waals surface area contributed by atoms with Crippen molar-refractivity contribution in [3.8, 4) is 22.3 Å². The van der Waals surface area contributed by atoms with E-state index in [0.717, 1.165) is 69.8 Å². The van der Waals surface area contributed by atoms with Crippen molar-refractivity contribution < 1.29 is 8.91 Å². The molecule has 0 aromatic carbocycles. The largest absolute Gasteiger partial charge is 0.361 e. The molecule has 168 valence electrons. The fourth-order valence-corrected chi connectivity index (χ4v) is 5.15. The third kappa shape index (κ3) is 3.63. The van der Waals surface area contributed by atoms with Crippen molar-refractivity contribution in [1.82, 2.24) is 24.5 Å². The van der Waals surface area contributed by atoms with Gasteiger partial charge in [-0.3, -0.25) is 9.67 Å². The Morgan fingerprint density at radius 1 is 1.12 bits per heavy atom. The minimum absolute atomic E-state index is 0.458. The predicted molar refractivity (Wildman–Crippen MR) is 123 cm³/mol. The first-order valence-corrected chi connectivity index (χ1v) is 11.3. The van der Waals surface area contributed by atoms with Gasteiger partial charge < -0.3 is 9.09 Å². The summed E-state index contributed by atoms with van der Waals surface area (Å²) in [5.74, 6) is 1.25. The van der Waals surface area contributed by atoms with Crippen LogP contribution in [0.25, 0.3) is 33.3 Å². The number of halogens is 1. The highest BCUT2D eigenvalue weighted by atomic mass is 19.1. The monoisotopic (exact) mass is 435 g/mol. The molecule has 7 heteroatoms. The molecule has 0 atom stereocenters. The summed E-state index contributed by atoms with van der Waals surface area (Å²) >= 11 is 0. The van der Waals surface area contributed by atoms with Gasteiger partial charge in [-0.05, 0) is 65.4 Å². The maximum absolute atomic E-state index is 14.4. The van der Waals surface area contributed by atoms with Crippen molar-refractivity contribution >= 4 is 11.0 Å². The van der Waals surface area contributed by atoms with Crippen LogP contribution >= 0.6 is 0 Å². The van der Waals surface area contributed by atoms with Crippen molar-refractivity contribution in [1.29, 1.82) is 0 Å². The van der Waals surface area contributed by atoms with Gasteiger partial charge >= 0.3 is 0 Å². The Balaban J connectivity index is 1.62. The number of rotatable bonds is 4. The maximum Gasteiger partial charge on any atom is 0.141 e. The number of hydrogen-bond acceptors (Lipinski definition) is 4. The summed E-state index contributed by atoms with van der Waals surface area (Å²) in [6.07, 6.45) is 9.23. The highest BCUT2D eigenvalue weighted by molar-refractivity contribution is 5.95. The Kier molecular flexibility index (Phi) is 4.95. The number of nitrogens with zero attached hydrogens (tertiary/aromatic N) is 5. The summed E-state index contributed by atoms with van der Waals surface area (Å²) in [7, 11) is 1.94. The molecule has 0 amide bonds. The lowest BCUT2D eigenvalue weighted by Gasteiger charge is -2.31. The lowest BCUT2D eigenvalue weighted by atomic mass is 9.81. The average molecular weight is 436 g/mol. The van der Waals surface area contributed by atoms with Crippen molar-refractivity contribution in [3.05, 3.63) is 41.8 Å². The van der Waals surface area contributed by atoms with E-state index in [2.05, 4.69) is 27.1 Å². The Morgan fingerprint density at radius 3 is 2.50 bits per heavy atom. The molecule has 32 heavy (non-hydrogen) atoms. The lowest BCUT2D eigenvalue weighted by Crippen LogP contribution is -2.27. The molecule has 0 spiro atoms. The van der Waals surface area contributed by atoms with Gasteiger partial charge in [-0.2, -0.15) is 5.10 Å². The summed E-state index contributed by atoms with van der Waals surface area (Å²) in [4.78, 5) is 4.90. The molecule has 0 unspecified atom stereocenters. The van der Waals surface area contributed by atoms with Gasteiger partial charge in [-0.25, -0.2) is 4.39 Å². The van der Waals surface area contributed by atoms with Crippen LogP contribution in [0.2, 0.25) is 0 Å². The zero-order chi connectivity index (χ0) is 22.6. The molecule has 0 bridgehead atoms. The van der Waals surface area contributed by atoms with Gasteiger partial charge in [-0.1, -0.05) is 5.16 Å². The van der Waals surface area contributed by atoms with E-state index in [0.29, 0.717) is 18.8 Å². The van der Waals surface area contributed by atoms with Gasteiger partial charge in [-0.15, -0.1) is 0 Å². The van der Waals surface area contributed by atoms with E-state index < -0.39 is 5.67 Å². The number of hydrogen-bond donors (Lipinski definition) is 0. The van der Waals surface area contributed by atoms with E-state index in [1.54, 1.807) is 6.92 Å². The van der Waals surface area contributed by atoms with Crippen LogP contribution in [0, 0.1) is 26.7 Å². The van der Waals surface area contributed by atoms with Gasteiger partial charge in [0.05, 0.1) is 22.4 Å². The van der Waals surface area contributed by atoms with Crippen LogP contribution in [0.3, 0.4) is 0 Å². The summed E-state index contributed by atoms with van der Waals surface area (Å²) < 4.78 is 23.9. The first-order chi connectivity index (χ1) is 15.2. The number of aryl methyl sites for hydroxylation is 4. The summed E-state index contributed by atoms with van der Waals surface area (Å²) in [6, 6.07) is 2.19. The molecule has 4 aromatic heterocycles. The van der Waals surface area contributed by atoms with Crippen LogP contribution in [0.5, 0.6) is 0 Å². The lowest BCUT2D eigenvalue weighted by molar-refractivity contribution is 0.0985. The summed E-state index contributed by atoms with van der Waals surface area (Å²) in [6.45, 7) is 8.50. The van der Waals surface area contributed by atoms with Crippen LogP contribution < -0.4 is 0 Å². The molecule has 0 radical (unpaired) electrons. The van der Waals surface area contributed by atoms with Crippen molar-refractivity contribution in [2.45, 2.75) is 65.6 Å². The van der Waals surface area contributed by atoms with E-state index in [4.69, 9.17) is 9.51 Å². The fourth-order valence-electron chi connectivity index (χ4n) is 5.15. The standard InChI is InChI=1S/C25H30FN5O/c1-15-20(13-30(5)28-15)21-14-31(12-18-6-8-25(4,26)9-7-18)22-10-19(11-27-24(21)22)23-16(2)29-32-17(23)3/h10-11,13-14,18H,6-9,12H2,1-5H3. The zero-order valence-corrected chi connectivity index (χ0v) is 19.4. The van der Waals surface area contributed by atoms with E-state index >= 15 is 0 Å². The van der Waals surface area contributed by atoms with E-state index in [1.165, 1.54) is 0 Å². The van der Waals surface area contributed by atoms with Crippen LogP contribution in [0.4, 0.5) is 4.39 Å². The van der Waals surface area contributed by atoms with Gasteiger partial charge in [0, 0.05) is 54.4 Å². The Hall–Kier alpha value is -2.96. The predicted octanol–water partition coefficient (Wildman–Crippen LogP) is 5.94. The van der Waals surface area contributed by atoms with Gasteiger partial charge in [0.1, 0.15) is 11.4 Å². The molecule has 4 heterocycles. The molecular formula is C25H30FN5O. The van der Waals surface area contributed by atoms with E-state index in [9.17, 15) is 4.39 Å². The highest BCUT2D eigenvalue weighted by Gasteiger charge is 2.31. The second-order valence-electron chi connectivity index (χ2n) is 9.64. The Labute approximate surface area is 187 Å². The van der Waals surface area contributed by atoms with E-state index in [-0.39, 0.29) is 0 Å². The molecule has 6 nitrogen and oxygen atoms in total. The van der Waals surface area contributed by atoms with Crippen LogP contribution in [0.1, 0.15) is 49.8 Å². The van der Waals surface area contributed by atoms with Crippen molar-refractivity contribution in [3.63, 3.8) is 0 Å². The minimum atomic E-state index is -1.02. The van der Waals surface area contributed by atoms with Gasteiger partial charge in [0.25, 0.3) is 0 Å².